The van der Waals surface area contributed by atoms with Gasteiger partial charge in [0.2, 0.25) is 0 Å². The van der Waals surface area contributed by atoms with Crippen molar-refractivity contribution in [3.63, 3.8) is 0 Å². The molecule has 1 aromatic carbocycles. The van der Waals surface area contributed by atoms with E-state index >= 15 is 0 Å². The van der Waals surface area contributed by atoms with Crippen LogP contribution in [0.1, 0.15) is 11.3 Å². The highest BCUT2D eigenvalue weighted by Crippen LogP contribution is 2.30. The maximum Gasteiger partial charge on any atom is 0.150 e. The lowest BCUT2D eigenvalue weighted by Crippen LogP contribution is -2.12. The molecule has 0 fully saturated rings. The van der Waals surface area contributed by atoms with Crippen molar-refractivity contribution in [1.29, 1.82) is 0 Å². The second-order valence-electron chi connectivity index (χ2n) is 4.35. The number of nitrogens with zero attached hydrogens (tertiary/aromatic N) is 3. The molecule has 0 amide bonds. The van der Waals surface area contributed by atoms with E-state index in [2.05, 4.69) is 33.0 Å². The van der Waals surface area contributed by atoms with Crippen molar-refractivity contribution < 1.29 is 0 Å². The van der Waals surface area contributed by atoms with Crippen molar-refractivity contribution in [2.45, 2.75) is 13.1 Å². The third-order valence-electron chi connectivity index (χ3n) is 3.05. The van der Waals surface area contributed by atoms with Gasteiger partial charge in [-0.1, -0.05) is 12.1 Å². The Morgan fingerprint density at radius 2 is 2.06 bits per heavy atom. The Hall–Kier alpha value is -1.33. The minimum Gasteiger partial charge on any atom is -0.382 e. The van der Waals surface area contributed by atoms with Crippen LogP contribution in [0.2, 0.25) is 0 Å². The molecule has 4 nitrogen and oxygen atoms in total. The van der Waals surface area contributed by atoms with Gasteiger partial charge in [0.15, 0.2) is 5.82 Å². The minimum absolute atomic E-state index is 0.639. The van der Waals surface area contributed by atoms with E-state index in [0.717, 1.165) is 28.8 Å². The molecule has 88 valence electrons. The van der Waals surface area contributed by atoms with Gasteiger partial charge in [-0.3, -0.25) is 4.90 Å². The number of para-hydroxylation sites is 1. The third-order valence-corrected chi connectivity index (χ3v) is 3.72. The Labute approximate surface area is 108 Å². The molecule has 1 aliphatic heterocycles. The lowest BCUT2D eigenvalue weighted by atomic mass is 10.2. The summed E-state index contributed by atoms with van der Waals surface area (Å²) in [7, 11) is 2.09. The molecular weight excluding hydrogens is 280 g/mol. The van der Waals surface area contributed by atoms with Gasteiger partial charge in [-0.25, -0.2) is 4.68 Å². The summed E-state index contributed by atoms with van der Waals surface area (Å²) in [6.07, 6.45) is 0. The van der Waals surface area contributed by atoms with Crippen LogP contribution in [0.15, 0.2) is 28.7 Å². The van der Waals surface area contributed by atoms with Gasteiger partial charge >= 0.3 is 0 Å². The van der Waals surface area contributed by atoms with Crippen molar-refractivity contribution in [1.82, 2.24) is 14.7 Å². The van der Waals surface area contributed by atoms with Gasteiger partial charge in [0.05, 0.1) is 11.4 Å². The molecule has 0 unspecified atom stereocenters. The monoisotopic (exact) mass is 292 g/mol. The van der Waals surface area contributed by atoms with E-state index in [1.807, 2.05) is 28.9 Å². The summed E-state index contributed by atoms with van der Waals surface area (Å²) in [5.41, 5.74) is 9.35. The average Bonchev–Trinajstić information content (AvgIpc) is 2.80. The van der Waals surface area contributed by atoms with Crippen molar-refractivity contribution in [2.24, 2.45) is 0 Å². The number of fused-ring (bicyclic) bond motifs is 1. The van der Waals surface area contributed by atoms with Crippen molar-refractivity contribution in [3.05, 3.63) is 40.0 Å². The molecule has 0 spiro atoms. The number of hydrogen-bond acceptors (Lipinski definition) is 3. The van der Waals surface area contributed by atoms with Gasteiger partial charge in [-0.15, -0.1) is 0 Å². The van der Waals surface area contributed by atoms with E-state index in [-0.39, 0.29) is 0 Å². The van der Waals surface area contributed by atoms with E-state index in [1.54, 1.807) is 0 Å². The van der Waals surface area contributed by atoms with Crippen molar-refractivity contribution in [2.75, 3.05) is 12.8 Å². The largest absolute Gasteiger partial charge is 0.382 e. The van der Waals surface area contributed by atoms with Gasteiger partial charge < -0.3 is 5.73 Å². The predicted molar refractivity (Wildman–Crippen MR) is 70.8 cm³/mol. The molecule has 0 saturated heterocycles. The fourth-order valence-electron chi connectivity index (χ4n) is 2.24. The van der Waals surface area contributed by atoms with Gasteiger partial charge in [0.25, 0.3) is 0 Å². The average molecular weight is 293 g/mol. The Morgan fingerprint density at radius 3 is 2.82 bits per heavy atom. The molecular formula is C12H13BrN4. The van der Waals surface area contributed by atoms with E-state index < -0.39 is 0 Å². The van der Waals surface area contributed by atoms with Crippen molar-refractivity contribution >= 4 is 21.7 Å². The summed E-state index contributed by atoms with van der Waals surface area (Å²) in [6, 6.07) is 8.04. The van der Waals surface area contributed by atoms with Crippen LogP contribution < -0.4 is 5.73 Å². The Bertz CT molecular complexity index is 576. The molecule has 5 heteroatoms. The molecule has 2 N–H and O–H groups in total. The topological polar surface area (TPSA) is 47.1 Å². The summed E-state index contributed by atoms with van der Waals surface area (Å²) >= 11 is 3.55. The van der Waals surface area contributed by atoms with Crippen LogP contribution in [-0.4, -0.2) is 21.7 Å². The minimum atomic E-state index is 0.639. The highest BCUT2D eigenvalue weighted by Gasteiger charge is 2.25. The van der Waals surface area contributed by atoms with E-state index in [9.17, 15) is 0 Å². The zero-order valence-electron chi connectivity index (χ0n) is 9.52. The number of nitrogens with two attached hydrogens (primary N) is 1. The normalized spacial score (nSPS) is 15.2. The number of halogens is 1. The maximum absolute atomic E-state index is 5.97. The SMILES string of the molecule is CN1Cc2c(N)nn(-c3ccccc3Br)c2C1. The first-order valence-corrected chi connectivity index (χ1v) is 6.26. The number of nitrogen functional groups attached to an aromatic ring is 1. The lowest BCUT2D eigenvalue weighted by molar-refractivity contribution is 0.346. The first-order chi connectivity index (χ1) is 8.16. The van der Waals surface area contributed by atoms with E-state index in [1.165, 1.54) is 5.69 Å². The molecule has 3 rings (SSSR count). The molecule has 0 atom stereocenters. The van der Waals surface area contributed by atoms with Gasteiger partial charge in [0.1, 0.15) is 0 Å². The third kappa shape index (κ3) is 1.66. The maximum atomic E-state index is 5.97. The summed E-state index contributed by atoms with van der Waals surface area (Å²) in [5, 5.41) is 4.44. The lowest BCUT2D eigenvalue weighted by Gasteiger charge is -2.10. The molecule has 0 saturated carbocycles. The first kappa shape index (κ1) is 10.8. The summed E-state index contributed by atoms with van der Waals surface area (Å²) < 4.78 is 2.97. The van der Waals surface area contributed by atoms with Crippen LogP contribution in [0.3, 0.4) is 0 Å². The van der Waals surface area contributed by atoms with E-state index in [4.69, 9.17) is 5.73 Å². The van der Waals surface area contributed by atoms with Crippen LogP contribution in [0, 0.1) is 0 Å². The number of hydrogen-bond donors (Lipinski definition) is 1. The van der Waals surface area contributed by atoms with Gasteiger partial charge in [-0.2, -0.15) is 5.10 Å². The molecule has 2 aromatic rings. The molecule has 17 heavy (non-hydrogen) atoms. The van der Waals surface area contributed by atoms with Crippen LogP contribution in [-0.2, 0) is 13.1 Å². The second kappa shape index (κ2) is 3.85. The predicted octanol–water partition coefficient (Wildman–Crippen LogP) is 2.16. The van der Waals surface area contributed by atoms with Crippen LogP contribution >= 0.6 is 15.9 Å². The highest BCUT2D eigenvalue weighted by molar-refractivity contribution is 9.10. The van der Waals surface area contributed by atoms with Gasteiger partial charge in [0, 0.05) is 23.1 Å². The molecule has 0 aliphatic carbocycles. The summed E-state index contributed by atoms with van der Waals surface area (Å²) in [5.74, 6) is 0.639. The zero-order valence-corrected chi connectivity index (χ0v) is 11.1. The van der Waals surface area contributed by atoms with E-state index in [0.29, 0.717) is 5.82 Å². The number of aromatic nitrogens is 2. The standard InChI is InChI=1S/C12H13BrN4/c1-16-6-8-11(7-16)17(15-12(8)14)10-5-3-2-4-9(10)13/h2-5H,6-7H2,1H3,(H2,14,15). The summed E-state index contributed by atoms with van der Waals surface area (Å²) in [4.78, 5) is 2.23. The van der Waals surface area contributed by atoms with Gasteiger partial charge in [-0.05, 0) is 35.1 Å². The summed E-state index contributed by atoms with van der Waals surface area (Å²) in [6.45, 7) is 1.77. The van der Waals surface area contributed by atoms with Crippen LogP contribution in [0.4, 0.5) is 5.82 Å². The van der Waals surface area contributed by atoms with Crippen LogP contribution in [0.5, 0.6) is 0 Å². The van der Waals surface area contributed by atoms with Crippen molar-refractivity contribution in [3.8, 4) is 5.69 Å². The fraction of sp³-hybridized carbons (Fsp3) is 0.250. The Balaban J connectivity index is 2.18. The molecule has 1 aliphatic rings. The molecule has 2 heterocycles. The zero-order chi connectivity index (χ0) is 12.0. The Kier molecular flexibility index (Phi) is 2.45. The Morgan fingerprint density at radius 1 is 1.29 bits per heavy atom. The highest BCUT2D eigenvalue weighted by atomic mass is 79.9. The number of benzene rings is 1. The smallest absolute Gasteiger partial charge is 0.150 e. The number of rotatable bonds is 1. The second-order valence-corrected chi connectivity index (χ2v) is 5.20. The van der Waals surface area contributed by atoms with Crippen LogP contribution in [0.25, 0.3) is 5.69 Å². The quantitative estimate of drug-likeness (QED) is 0.876. The number of anilines is 1. The first-order valence-electron chi connectivity index (χ1n) is 5.46. The molecule has 1 aromatic heterocycles. The molecule has 0 bridgehead atoms. The fourth-order valence-corrected chi connectivity index (χ4v) is 2.70. The molecule has 0 radical (unpaired) electrons.